The molecule has 0 amide bonds. The topological polar surface area (TPSA) is 73.6 Å². The van der Waals surface area contributed by atoms with E-state index < -0.39 is 5.97 Å². The first kappa shape index (κ1) is 11.9. The zero-order valence-electron chi connectivity index (χ0n) is 9.76. The third-order valence-electron chi connectivity index (χ3n) is 2.63. The fraction of sp³-hybridized carbons (Fsp3) is 0.636. The second kappa shape index (κ2) is 5.18. The van der Waals surface area contributed by atoms with E-state index >= 15 is 0 Å². The lowest BCUT2D eigenvalue weighted by molar-refractivity contribution is -0.0433. The Labute approximate surface area is 99.1 Å². The highest BCUT2D eigenvalue weighted by Gasteiger charge is 2.22. The second-order valence-electron chi connectivity index (χ2n) is 3.87. The van der Waals surface area contributed by atoms with Crippen molar-refractivity contribution in [1.82, 2.24) is 9.78 Å². The number of carbonyl (C=O) groups is 1. The summed E-state index contributed by atoms with van der Waals surface area (Å²) in [5, 5.41) is 13.7. The lowest BCUT2D eigenvalue weighted by Crippen LogP contribution is -2.19. The van der Waals surface area contributed by atoms with Crippen LogP contribution in [0.2, 0.25) is 0 Å². The molecule has 0 aromatic carbocycles. The van der Waals surface area contributed by atoms with Crippen molar-refractivity contribution in [1.29, 1.82) is 0 Å². The number of aromatic hydroxyl groups is 1. The summed E-state index contributed by atoms with van der Waals surface area (Å²) >= 11 is 0. The molecule has 0 saturated carbocycles. The standard InChI is InChI=1S/C11H16N2O4/c1-2-16-11(15)8-7-9(14)13(12-8)10-5-3-4-6-17-10/h7,10,14H,2-6H2,1H3. The molecular weight excluding hydrogens is 224 g/mol. The van der Waals surface area contributed by atoms with Crippen LogP contribution in [0.4, 0.5) is 0 Å². The summed E-state index contributed by atoms with van der Waals surface area (Å²) in [4.78, 5) is 11.4. The van der Waals surface area contributed by atoms with E-state index in [1.54, 1.807) is 6.92 Å². The molecule has 1 fully saturated rings. The average Bonchev–Trinajstić information content (AvgIpc) is 2.73. The van der Waals surface area contributed by atoms with Crippen LogP contribution in [0.15, 0.2) is 6.07 Å². The van der Waals surface area contributed by atoms with Gasteiger partial charge in [-0.25, -0.2) is 9.48 Å². The van der Waals surface area contributed by atoms with Gasteiger partial charge in [0.25, 0.3) is 0 Å². The Balaban J connectivity index is 2.15. The highest BCUT2D eigenvalue weighted by molar-refractivity contribution is 5.87. The van der Waals surface area contributed by atoms with Crippen molar-refractivity contribution < 1.29 is 19.4 Å². The Morgan fingerprint density at radius 1 is 1.71 bits per heavy atom. The fourth-order valence-corrected chi connectivity index (χ4v) is 1.82. The van der Waals surface area contributed by atoms with Gasteiger partial charge in [0.05, 0.1) is 6.61 Å². The first-order chi connectivity index (χ1) is 8.22. The Bertz CT molecular complexity index is 396. The van der Waals surface area contributed by atoms with E-state index in [9.17, 15) is 9.90 Å². The van der Waals surface area contributed by atoms with Crippen molar-refractivity contribution in [2.24, 2.45) is 0 Å². The Morgan fingerprint density at radius 2 is 2.53 bits per heavy atom. The summed E-state index contributed by atoms with van der Waals surface area (Å²) in [5.74, 6) is -0.600. The van der Waals surface area contributed by atoms with E-state index in [1.165, 1.54) is 10.7 Å². The normalized spacial score (nSPS) is 20.2. The van der Waals surface area contributed by atoms with Crippen LogP contribution in [-0.2, 0) is 9.47 Å². The maximum Gasteiger partial charge on any atom is 0.358 e. The van der Waals surface area contributed by atoms with Crippen LogP contribution >= 0.6 is 0 Å². The maximum atomic E-state index is 11.4. The third-order valence-corrected chi connectivity index (χ3v) is 2.63. The van der Waals surface area contributed by atoms with E-state index in [2.05, 4.69) is 5.10 Å². The maximum absolute atomic E-state index is 11.4. The molecule has 1 unspecified atom stereocenters. The lowest BCUT2D eigenvalue weighted by atomic mass is 10.2. The highest BCUT2D eigenvalue weighted by Crippen LogP contribution is 2.26. The largest absolute Gasteiger partial charge is 0.493 e. The molecule has 1 saturated heterocycles. The minimum absolute atomic E-state index is 0.0695. The molecule has 1 aliphatic rings. The van der Waals surface area contributed by atoms with Crippen LogP contribution in [-0.4, -0.2) is 34.1 Å². The van der Waals surface area contributed by atoms with Crippen LogP contribution in [0.1, 0.15) is 42.9 Å². The van der Waals surface area contributed by atoms with E-state index in [0.29, 0.717) is 6.61 Å². The minimum atomic E-state index is -0.530. The van der Waals surface area contributed by atoms with Crippen molar-refractivity contribution in [3.63, 3.8) is 0 Å². The quantitative estimate of drug-likeness (QED) is 0.810. The predicted molar refractivity (Wildman–Crippen MR) is 58.7 cm³/mol. The molecule has 2 heterocycles. The van der Waals surface area contributed by atoms with Gasteiger partial charge in [-0.15, -0.1) is 0 Å². The van der Waals surface area contributed by atoms with Gasteiger partial charge in [0.2, 0.25) is 5.88 Å². The van der Waals surface area contributed by atoms with Crippen LogP contribution < -0.4 is 0 Å². The van der Waals surface area contributed by atoms with E-state index in [0.717, 1.165) is 19.3 Å². The molecule has 94 valence electrons. The van der Waals surface area contributed by atoms with Gasteiger partial charge in [0.1, 0.15) is 0 Å². The third kappa shape index (κ3) is 2.58. The number of ether oxygens (including phenoxy) is 2. The SMILES string of the molecule is CCOC(=O)c1cc(O)n(C2CCCCO2)n1. The highest BCUT2D eigenvalue weighted by atomic mass is 16.5. The van der Waals surface area contributed by atoms with Crippen molar-refractivity contribution in [3.8, 4) is 5.88 Å². The number of hydrogen-bond acceptors (Lipinski definition) is 5. The van der Waals surface area contributed by atoms with Gasteiger partial charge in [-0.1, -0.05) is 0 Å². The minimum Gasteiger partial charge on any atom is -0.493 e. The number of nitrogens with zero attached hydrogens (tertiary/aromatic N) is 2. The van der Waals surface area contributed by atoms with E-state index in [1.807, 2.05) is 0 Å². The molecule has 0 bridgehead atoms. The fourth-order valence-electron chi connectivity index (χ4n) is 1.82. The van der Waals surface area contributed by atoms with Gasteiger partial charge in [-0.05, 0) is 26.2 Å². The van der Waals surface area contributed by atoms with Gasteiger partial charge in [-0.2, -0.15) is 5.10 Å². The zero-order valence-corrected chi connectivity index (χ0v) is 9.76. The molecule has 6 heteroatoms. The average molecular weight is 240 g/mol. The van der Waals surface area contributed by atoms with Crippen LogP contribution in [0.5, 0.6) is 5.88 Å². The van der Waals surface area contributed by atoms with Gasteiger partial charge < -0.3 is 14.6 Å². The number of hydrogen-bond donors (Lipinski definition) is 1. The molecule has 0 radical (unpaired) electrons. The molecular formula is C11H16N2O4. The molecule has 1 aromatic heterocycles. The molecule has 0 aliphatic carbocycles. The molecule has 0 spiro atoms. The predicted octanol–water partition coefficient (Wildman–Crippen LogP) is 1.46. The summed E-state index contributed by atoms with van der Waals surface area (Å²) < 4.78 is 11.6. The Hall–Kier alpha value is -1.56. The molecule has 1 aliphatic heterocycles. The monoisotopic (exact) mass is 240 g/mol. The molecule has 1 N–H and O–H groups in total. The molecule has 17 heavy (non-hydrogen) atoms. The Morgan fingerprint density at radius 3 is 3.18 bits per heavy atom. The van der Waals surface area contributed by atoms with Gasteiger partial charge in [0, 0.05) is 12.7 Å². The molecule has 1 aromatic rings. The molecule has 6 nitrogen and oxygen atoms in total. The van der Waals surface area contributed by atoms with Crippen molar-refractivity contribution in [3.05, 3.63) is 11.8 Å². The summed E-state index contributed by atoms with van der Waals surface area (Å²) in [6.45, 7) is 2.66. The van der Waals surface area contributed by atoms with Crippen molar-refractivity contribution >= 4 is 5.97 Å². The van der Waals surface area contributed by atoms with Gasteiger partial charge >= 0.3 is 5.97 Å². The smallest absolute Gasteiger partial charge is 0.358 e. The summed E-state index contributed by atoms with van der Waals surface area (Å²) in [6, 6.07) is 1.30. The first-order valence-electron chi connectivity index (χ1n) is 5.79. The summed E-state index contributed by atoms with van der Waals surface area (Å²) in [5.41, 5.74) is 0.110. The summed E-state index contributed by atoms with van der Waals surface area (Å²) in [6.07, 6.45) is 2.55. The molecule has 2 rings (SSSR count). The Kier molecular flexibility index (Phi) is 3.63. The number of aromatic nitrogens is 2. The van der Waals surface area contributed by atoms with Crippen LogP contribution in [0, 0.1) is 0 Å². The van der Waals surface area contributed by atoms with E-state index in [4.69, 9.17) is 9.47 Å². The lowest BCUT2D eigenvalue weighted by Gasteiger charge is -2.22. The first-order valence-corrected chi connectivity index (χ1v) is 5.79. The zero-order chi connectivity index (χ0) is 12.3. The van der Waals surface area contributed by atoms with E-state index in [-0.39, 0.29) is 24.4 Å². The number of esters is 1. The van der Waals surface area contributed by atoms with Gasteiger partial charge in [0.15, 0.2) is 11.9 Å². The number of carbonyl (C=O) groups excluding carboxylic acids is 1. The summed E-state index contributed by atoms with van der Waals surface area (Å²) in [7, 11) is 0. The number of rotatable bonds is 3. The van der Waals surface area contributed by atoms with Crippen molar-refractivity contribution in [2.45, 2.75) is 32.4 Å². The second-order valence-corrected chi connectivity index (χ2v) is 3.87. The van der Waals surface area contributed by atoms with Crippen LogP contribution in [0.25, 0.3) is 0 Å². The van der Waals surface area contributed by atoms with Crippen molar-refractivity contribution in [2.75, 3.05) is 13.2 Å². The van der Waals surface area contributed by atoms with Gasteiger partial charge in [-0.3, -0.25) is 0 Å². The van der Waals surface area contributed by atoms with Crippen LogP contribution in [0.3, 0.4) is 0 Å². The molecule has 1 atom stereocenters.